The molecule has 10 nitrogen and oxygen atoms in total. The monoisotopic (exact) mass is 374 g/mol. The highest BCUT2D eigenvalue weighted by Gasteiger charge is 2.25. The molecule has 144 valence electrons. The molecule has 1 atom stereocenters. The summed E-state index contributed by atoms with van der Waals surface area (Å²) in [6.07, 6.45) is 2.12. The first-order valence-corrected chi connectivity index (χ1v) is 8.88. The Labute approximate surface area is 153 Å². The number of aromatic nitrogens is 5. The van der Waals surface area contributed by atoms with Crippen LogP contribution in [0.25, 0.3) is 16.9 Å². The Bertz CT molecular complexity index is 1190. The van der Waals surface area contributed by atoms with E-state index >= 15 is 0 Å². The van der Waals surface area contributed by atoms with Crippen LogP contribution in [0.3, 0.4) is 0 Å². The van der Waals surface area contributed by atoms with Crippen LogP contribution in [0.1, 0.15) is 24.2 Å². The van der Waals surface area contributed by atoms with Crippen molar-refractivity contribution in [3.05, 3.63) is 32.2 Å². The van der Waals surface area contributed by atoms with E-state index in [1.807, 2.05) is 18.4 Å². The van der Waals surface area contributed by atoms with Gasteiger partial charge in [-0.15, -0.1) is 0 Å². The molecule has 4 heterocycles. The standard InChI is InChI=1S/C17H22N6O4/c1-9-10(2)23-13-14(19-16(23)21(9)7-11-5-4-6-27-11)20(3)17(26)22(15(13)25)8-12(18)24/h11H,4-8H2,1-3H3,(H2,18,24)/t11-/m1/s1. The van der Waals surface area contributed by atoms with Crippen molar-refractivity contribution in [2.45, 2.75) is 45.9 Å². The van der Waals surface area contributed by atoms with E-state index in [2.05, 4.69) is 4.98 Å². The molecule has 0 aromatic carbocycles. The normalized spacial score (nSPS) is 17.4. The number of imidazole rings is 2. The summed E-state index contributed by atoms with van der Waals surface area (Å²) in [6, 6.07) is 0. The molecule has 1 saturated heterocycles. The number of hydrogen-bond acceptors (Lipinski definition) is 5. The molecule has 3 aromatic heterocycles. The molecule has 3 aromatic rings. The Balaban J connectivity index is 2.04. The Morgan fingerprint density at radius 2 is 2.00 bits per heavy atom. The van der Waals surface area contributed by atoms with Gasteiger partial charge in [0.25, 0.3) is 5.56 Å². The zero-order chi connectivity index (χ0) is 19.5. The van der Waals surface area contributed by atoms with Gasteiger partial charge in [0, 0.05) is 25.0 Å². The van der Waals surface area contributed by atoms with Crippen molar-refractivity contribution in [1.29, 1.82) is 0 Å². The van der Waals surface area contributed by atoms with Crippen molar-refractivity contribution in [3.63, 3.8) is 0 Å². The number of amides is 1. The van der Waals surface area contributed by atoms with Gasteiger partial charge in [0.15, 0.2) is 11.2 Å². The zero-order valence-electron chi connectivity index (χ0n) is 15.6. The first-order chi connectivity index (χ1) is 12.8. The van der Waals surface area contributed by atoms with Gasteiger partial charge in [-0.1, -0.05) is 0 Å². The van der Waals surface area contributed by atoms with E-state index in [9.17, 15) is 14.4 Å². The molecule has 1 aliphatic heterocycles. The second-order valence-electron chi connectivity index (χ2n) is 7.04. The fourth-order valence-electron chi connectivity index (χ4n) is 3.82. The molecule has 27 heavy (non-hydrogen) atoms. The zero-order valence-corrected chi connectivity index (χ0v) is 15.6. The molecule has 0 unspecified atom stereocenters. The third kappa shape index (κ3) is 2.51. The van der Waals surface area contributed by atoms with Gasteiger partial charge in [0.2, 0.25) is 11.7 Å². The minimum absolute atomic E-state index is 0.106. The Hall–Kier alpha value is -2.88. The van der Waals surface area contributed by atoms with Gasteiger partial charge in [0.1, 0.15) is 6.54 Å². The molecule has 2 N–H and O–H groups in total. The van der Waals surface area contributed by atoms with Gasteiger partial charge >= 0.3 is 5.69 Å². The van der Waals surface area contributed by atoms with Gasteiger partial charge in [-0.05, 0) is 26.7 Å². The van der Waals surface area contributed by atoms with Crippen LogP contribution in [-0.4, -0.2) is 41.7 Å². The second-order valence-corrected chi connectivity index (χ2v) is 7.04. The van der Waals surface area contributed by atoms with E-state index in [4.69, 9.17) is 10.5 Å². The van der Waals surface area contributed by atoms with E-state index in [1.54, 1.807) is 4.40 Å². The average Bonchev–Trinajstić information content (AvgIpc) is 3.31. The topological polar surface area (TPSA) is 119 Å². The fourth-order valence-corrected chi connectivity index (χ4v) is 3.82. The van der Waals surface area contributed by atoms with Crippen LogP contribution in [0, 0.1) is 13.8 Å². The van der Waals surface area contributed by atoms with Crippen LogP contribution in [0.4, 0.5) is 0 Å². The summed E-state index contributed by atoms with van der Waals surface area (Å²) in [4.78, 5) is 41.4. The minimum atomic E-state index is -0.752. The summed E-state index contributed by atoms with van der Waals surface area (Å²) >= 11 is 0. The molecule has 0 aliphatic carbocycles. The van der Waals surface area contributed by atoms with Crippen molar-refractivity contribution in [3.8, 4) is 0 Å². The Kier molecular flexibility index (Phi) is 3.95. The van der Waals surface area contributed by atoms with Crippen molar-refractivity contribution in [1.82, 2.24) is 23.1 Å². The Morgan fingerprint density at radius 3 is 2.63 bits per heavy atom. The predicted molar refractivity (Wildman–Crippen MR) is 97.8 cm³/mol. The lowest BCUT2D eigenvalue weighted by Crippen LogP contribution is -2.42. The van der Waals surface area contributed by atoms with Crippen LogP contribution in [-0.2, 0) is 29.7 Å². The lowest BCUT2D eigenvalue weighted by atomic mass is 10.2. The fraction of sp³-hybridized carbons (Fsp3) is 0.529. The summed E-state index contributed by atoms with van der Waals surface area (Å²) in [5.41, 5.74) is 6.39. The number of aryl methyl sites for hydroxylation is 2. The van der Waals surface area contributed by atoms with Crippen molar-refractivity contribution >= 4 is 22.8 Å². The molecule has 0 bridgehead atoms. The molecule has 0 spiro atoms. The molecule has 1 aliphatic rings. The highest BCUT2D eigenvalue weighted by Crippen LogP contribution is 2.23. The van der Waals surface area contributed by atoms with Crippen molar-refractivity contribution in [2.24, 2.45) is 12.8 Å². The van der Waals surface area contributed by atoms with Crippen molar-refractivity contribution in [2.75, 3.05) is 6.61 Å². The maximum atomic E-state index is 13.0. The van der Waals surface area contributed by atoms with E-state index in [-0.39, 0.29) is 17.3 Å². The summed E-state index contributed by atoms with van der Waals surface area (Å²) in [5, 5.41) is 0. The third-order valence-corrected chi connectivity index (χ3v) is 5.35. The number of nitrogens with zero attached hydrogens (tertiary/aromatic N) is 5. The molecule has 1 amide bonds. The summed E-state index contributed by atoms with van der Waals surface area (Å²) in [7, 11) is 1.53. The maximum Gasteiger partial charge on any atom is 0.332 e. The van der Waals surface area contributed by atoms with E-state index < -0.39 is 23.7 Å². The average molecular weight is 374 g/mol. The lowest BCUT2D eigenvalue weighted by Gasteiger charge is -2.12. The van der Waals surface area contributed by atoms with E-state index in [0.717, 1.165) is 35.4 Å². The van der Waals surface area contributed by atoms with Gasteiger partial charge in [-0.3, -0.25) is 18.6 Å². The van der Waals surface area contributed by atoms with Gasteiger partial charge in [-0.25, -0.2) is 9.36 Å². The summed E-state index contributed by atoms with van der Waals surface area (Å²) < 4.78 is 11.6. The first kappa shape index (κ1) is 17.5. The number of rotatable bonds is 4. The number of ether oxygens (including phenoxy) is 1. The summed E-state index contributed by atoms with van der Waals surface area (Å²) in [6.45, 7) is 4.79. The molecule has 1 fully saturated rings. The van der Waals surface area contributed by atoms with Crippen LogP contribution in [0.5, 0.6) is 0 Å². The smallest absolute Gasteiger partial charge is 0.332 e. The largest absolute Gasteiger partial charge is 0.376 e. The number of hydrogen-bond donors (Lipinski definition) is 1. The third-order valence-electron chi connectivity index (χ3n) is 5.35. The van der Waals surface area contributed by atoms with Gasteiger partial charge < -0.3 is 15.0 Å². The number of carbonyl (C=O) groups is 1. The second kappa shape index (κ2) is 6.08. The van der Waals surface area contributed by atoms with E-state index in [1.165, 1.54) is 11.6 Å². The molecule has 0 saturated carbocycles. The van der Waals surface area contributed by atoms with Crippen LogP contribution < -0.4 is 17.0 Å². The molecular weight excluding hydrogens is 352 g/mol. The highest BCUT2D eigenvalue weighted by atomic mass is 16.5. The number of fused-ring (bicyclic) bond motifs is 3. The summed E-state index contributed by atoms with van der Waals surface area (Å²) in [5.74, 6) is -0.169. The van der Waals surface area contributed by atoms with E-state index in [0.29, 0.717) is 12.3 Å². The molecule has 4 rings (SSSR count). The van der Waals surface area contributed by atoms with Crippen LogP contribution >= 0.6 is 0 Å². The van der Waals surface area contributed by atoms with Gasteiger partial charge in [0.05, 0.1) is 12.6 Å². The number of primary amides is 1. The number of carbonyl (C=O) groups excluding carboxylic acids is 1. The lowest BCUT2D eigenvalue weighted by molar-refractivity contribution is -0.118. The maximum absolute atomic E-state index is 13.0. The highest BCUT2D eigenvalue weighted by molar-refractivity contribution is 5.77. The molecule has 0 radical (unpaired) electrons. The molecular formula is C17H22N6O4. The minimum Gasteiger partial charge on any atom is -0.376 e. The first-order valence-electron chi connectivity index (χ1n) is 8.88. The molecule has 10 heteroatoms. The van der Waals surface area contributed by atoms with Crippen LogP contribution in [0.2, 0.25) is 0 Å². The SMILES string of the molecule is Cc1c(C)n2c3c(=O)n(CC(N)=O)c(=O)n(C)c3nc2n1C[C@H]1CCCO1. The quantitative estimate of drug-likeness (QED) is 0.656. The van der Waals surface area contributed by atoms with Crippen LogP contribution in [0.15, 0.2) is 9.59 Å². The Morgan fingerprint density at radius 1 is 1.26 bits per heavy atom. The predicted octanol–water partition coefficient (Wildman–Crippen LogP) is -0.569. The van der Waals surface area contributed by atoms with Gasteiger partial charge in [-0.2, -0.15) is 4.98 Å². The van der Waals surface area contributed by atoms with Crippen molar-refractivity contribution < 1.29 is 9.53 Å². The number of nitrogens with two attached hydrogens (primary N) is 1.